The van der Waals surface area contributed by atoms with Gasteiger partial charge < -0.3 is 4.74 Å². The first-order chi connectivity index (χ1) is 7.23. The first-order valence-corrected chi connectivity index (χ1v) is 3.77. The van der Waals surface area contributed by atoms with E-state index in [1.54, 1.807) is 0 Å². The zero-order chi connectivity index (χ0) is 13.9. The molecule has 0 aromatic rings. The highest BCUT2D eigenvalue weighted by molar-refractivity contribution is 5.12. The molecule has 1 nitrogen and oxygen atoms in total. The van der Waals surface area contributed by atoms with Crippen LogP contribution >= 0.6 is 0 Å². The van der Waals surface area contributed by atoms with Crippen molar-refractivity contribution in [2.45, 2.75) is 36.4 Å². The lowest BCUT2D eigenvalue weighted by molar-refractivity contribution is -0.346. The van der Waals surface area contributed by atoms with Crippen LogP contribution in [0.1, 0.15) is 0 Å². The van der Waals surface area contributed by atoms with E-state index in [0.717, 1.165) is 0 Å². The van der Waals surface area contributed by atoms with E-state index in [1.807, 2.05) is 0 Å². The molecule has 0 aromatic carbocycles. The van der Waals surface area contributed by atoms with Crippen molar-refractivity contribution in [2.24, 2.45) is 0 Å². The van der Waals surface area contributed by atoms with Gasteiger partial charge in [-0.3, -0.25) is 0 Å². The fourth-order valence-electron chi connectivity index (χ4n) is 1.15. The van der Waals surface area contributed by atoms with Gasteiger partial charge in [-0.15, -0.1) is 0 Å². The van der Waals surface area contributed by atoms with Gasteiger partial charge in [0, 0.05) is 0 Å². The Hall–Kier alpha value is -0.740. The van der Waals surface area contributed by atoms with Crippen molar-refractivity contribution in [1.82, 2.24) is 0 Å². The lowest BCUT2D eigenvalue weighted by atomic mass is 9.98. The summed E-state index contributed by atoms with van der Waals surface area (Å²) in [6.45, 7) is 0. The summed E-state index contributed by atoms with van der Waals surface area (Å²) in [7, 11) is 0. The molecule has 1 rings (SSSR count). The monoisotopic (exact) mass is 280 g/mol. The lowest BCUT2D eigenvalue weighted by Crippen LogP contribution is -2.58. The molecule has 17 heavy (non-hydrogen) atoms. The Labute approximate surface area is 86.3 Å². The maximum absolute atomic E-state index is 12.9. The Morgan fingerprint density at radius 3 is 1.12 bits per heavy atom. The van der Waals surface area contributed by atoms with Gasteiger partial charge in [0.25, 0.3) is 0 Å². The summed E-state index contributed by atoms with van der Waals surface area (Å²) in [5.74, 6) is 0. The first kappa shape index (κ1) is 14.3. The Bertz CT molecular complexity index is 283. The first-order valence-electron chi connectivity index (χ1n) is 3.77. The van der Waals surface area contributed by atoms with Crippen LogP contribution in [0.25, 0.3) is 0 Å². The third-order valence-electron chi connectivity index (χ3n) is 2.03. The third-order valence-corrected chi connectivity index (χ3v) is 2.03. The van der Waals surface area contributed by atoms with Crippen molar-refractivity contribution in [2.75, 3.05) is 0 Å². The molecular formula is C6H2F10O. The molecule has 11 heteroatoms. The van der Waals surface area contributed by atoms with Gasteiger partial charge in [0.05, 0.1) is 0 Å². The summed E-state index contributed by atoms with van der Waals surface area (Å²) >= 11 is 0. The van der Waals surface area contributed by atoms with Gasteiger partial charge in [-0.1, -0.05) is 0 Å². The summed E-state index contributed by atoms with van der Waals surface area (Å²) in [5, 5.41) is 0. The number of halogens is 10. The number of ether oxygens (including phenoxy) is 1. The normalized spacial score (nSPS) is 27.2. The van der Waals surface area contributed by atoms with Crippen LogP contribution in [0.15, 0.2) is 0 Å². The van der Waals surface area contributed by atoms with Crippen LogP contribution in [0.3, 0.4) is 0 Å². The molecule has 1 aliphatic rings. The predicted octanol–water partition coefficient (Wildman–Crippen LogP) is 3.15. The molecule has 0 amide bonds. The summed E-state index contributed by atoms with van der Waals surface area (Å²) in [6.07, 6.45) is -25.6. The zero-order valence-electron chi connectivity index (χ0n) is 7.34. The molecule has 0 N–H and O–H groups in total. The van der Waals surface area contributed by atoms with Crippen LogP contribution in [0.4, 0.5) is 43.9 Å². The van der Waals surface area contributed by atoms with Crippen LogP contribution < -0.4 is 0 Å². The molecule has 0 radical (unpaired) electrons. The van der Waals surface area contributed by atoms with Gasteiger partial charge in [0.15, 0.2) is 6.10 Å². The van der Waals surface area contributed by atoms with Gasteiger partial charge in [-0.2, -0.15) is 39.5 Å². The molecule has 0 bridgehead atoms. The minimum absolute atomic E-state index is 3.16. The molecule has 1 aliphatic heterocycles. The van der Waals surface area contributed by atoms with E-state index in [9.17, 15) is 43.9 Å². The summed E-state index contributed by atoms with van der Waals surface area (Å²) in [5.41, 5.74) is -6.03. The quantitative estimate of drug-likeness (QED) is 0.531. The highest BCUT2D eigenvalue weighted by Crippen LogP contribution is 2.57. The van der Waals surface area contributed by atoms with E-state index in [1.165, 1.54) is 0 Å². The van der Waals surface area contributed by atoms with E-state index >= 15 is 0 Å². The largest absolute Gasteiger partial charge is 0.434 e. The molecule has 1 heterocycles. The van der Waals surface area contributed by atoms with E-state index in [0.29, 0.717) is 0 Å². The smallest absolute Gasteiger partial charge is 0.355 e. The topological polar surface area (TPSA) is 12.5 Å². The Morgan fingerprint density at radius 2 is 0.941 bits per heavy atom. The van der Waals surface area contributed by atoms with Crippen molar-refractivity contribution < 1.29 is 48.6 Å². The van der Waals surface area contributed by atoms with E-state index in [-0.39, 0.29) is 0 Å². The highest BCUT2D eigenvalue weighted by Gasteiger charge is 2.84. The van der Waals surface area contributed by atoms with Crippen molar-refractivity contribution in [1.29, 1.82) is 0 Å². The molecule has 102 valence electrons. The molecule has 0 spiro atoms. The minimum atomic E-state index is -6.55. The van der Waals surface area contributed by atoms with E-state index < -0.39 is 36.4 Å². The second-order valence-corrected chi connectivity index (χ2v) is 3.23. The molecule has 1 saturated heterocycles. The molecule has 2 unspecified atom stereocenters. The summed E-state index contributed by atoms with van der Waals surface area (Å²) in [6, 6.07) is 0. The summed E-state index contributed by atoms with van der Waals surface area (Å²) in [4.78, 5) is 0. The van der Waals surface area contributed by atoms with Crippen LogP contribution in [-0.4, -0.2) is 36.4 Å². The average molecular weight is 280 g/mol. The molecule has 0 aromatic heterocycles. The van der Waals surface area contributed by atoms with E-state index in [2.05, 4.69) is 4.74 Å². The Balaban J connectivity index is 3.06. The number of hydrogen-bond donors (Lipinski definition) is 0. The number of alkyl halides is 10. The summed E-state index contributed by atoms with van der Waals surface area (Å²) < 4.78 is 123. The lowest BCUT2D eigenvalue weighted by Gasteiger charge is -2.28. The molecule has 0 saturated carbocycles. The molecular weight excluding hydrogens is 278 g/mol. The second kappa shape index (κ2) is 3.39. The predicted molar refractivity (Wildman–Crippen MR) is 30.7 cm³/mol. The minimum Gasteiger partial charge on any atom is -0.355 e. The van der Waals surface area contributed by atoms with Crippen molar-refractivity contribution in [3.63, 3.8) is 0 Å². The van der Waals surface area contributed by atoms with Gasteiger partial charge >= 0.3 is 24.2 Å². The maximum Gasteiger partial charge on any atom is 0.434 e. The fraction of sp³-hybridized carbons (Fsp3) is 1.00. The number of rotatable bonds is 1. The van der Waals surface area contributed by atoms with Crippen LogP contribution in [-0.2, 0) is 4.74 Å². The van der Waals surface area contributed by atoms with Crippen molar-refractivity contribution in [3.05, 3.63) is 0 Å². The SMILES string of the molecule is FC(F)(F)C1OC1C(F)(C(F)(F)F)C(F)(F)F. The Kier molecular flexibility index (Phi) is 2.85. The highest BCUT2D eigenvalue weighted by atomic mass is 19.4. The molecule has 1 fully saturated rings. The number of hydrogen-bond acceptors (Lipinski definition) is 1. The third kappa shape index (κ3) is 2.16. The standard InChI is InChI=1S/C6H2F10O/c7-3(5(11,12)13,6(14,15)16)1-2(17-1)4(8,9)10/h1-2H. The van der Waals surface area contributed by atoms with Gasteiger partial charge in [-0.25, -0.2) is 4.39 Å². The van der Waals surface area contributed by atoms with Crippen molar-refractivity contribution >= 4 is 0 Å². The second-order valence-electron chi connectivity index (χ2n) is 3.23. The van der Waals surface area contributed by atoms with Crippen LogP contribution in [0, 0.1) is 0 Å². The molecule has 0 aliphatic carbocycles. The van der Waals surface area contributed by atoms with Crippen LogP contribution in [0.2, 0.25) is 0 Å². The van der Waals surface area contributed by atoms with Gasteiger partial charge in [-0.05, 0) is 0 Å². The maximum atomic E-state index is 12.9. The van der Waals surface area contributed by atoms with Gasteiger partial charge in [0.1, 0.15) is 6.10 Å². The van der Waals surface area contributed by atoms with Gasteiger partial charge in [0.2, 0.25) is 0 Å². The Morgan fingerprint density at radius 1 is 0.588 bits per heavy atom. The van der Waals surface area contributed by atoms with Crippen LogP contribution in [0.5, 0.6) is 0 Å². The average Bonchev–Trinajstić information content (AvgIpc) is 2.74. The molecule has 2 atom stereocenters. The van der Waals surface area contributed by atoms with E-state index in [4.69, 9.17) is 0 Å². The van der Waals surface area contributed by atoms with Crippen molar-refractivity contribution in [3.8, 4) is 0 Å². The fourth-order valence-corrected chi connectivity index (χ4v) is 1.15. The zero-order valence-corrected chi connectivity index (χ0v) is 7.34. The number of epoxide rings is 1.